The SMILES string of the molecule is C=C1CC(Cl)N(Cc2ccc(NC(=O)c3ncccc3N)cc2)[C@H](Cc2ccccn2)C(=O)N1. The summed E-state index contributed by atoms with van der Waals surface area (Å²) in [5, 5.41) is 5.66. The van der Waals surface area contributed by atoms with E-state index in [0.29, 0.717) is 36.5 Å². The fourth-order valence-corrected chi connectivity index (χ4v) is 4.20. The fourth-order valence-electron chi connectivity index (χ4n) is 3.81. The lowest BCUT2D eigenvalue weighted by molar-refractivity contribution is -0.125. The first-order valence-corrected chi connectivity index (χ1v) is 11.2. The minimum Gasteiger partial charge on any atom is -0.397 e. The van der Waals surface area contributed by atoms with Crippen LogP contribution in [0.3, 0.4) is 0 Å². The Morgan fingerprint density at radius 3 is 2.62 bits per heavy atom. The van der Waals surface area contributed by atoms with Gasteiger partial charge in [0.2, 0.25) is 5.91 Å². The second-order valence-electron chi connectivity index (χ2n) is 8.04. The van der Waals surface area contributed by atoms with E-state index in [1.807, 2.05) is 35.2 Å². The maximum atomic E-state index is 12.9. The number of hydrogen-bond donors (Lipinski definition) is 3. The standard InChI is InChI=1S/C25H25ClN6O2/c1-16-13-22(26)32(21(24(33)30-16)14-19-5-2-3-11-28-19)15-17-7-9-18(10-8-17)31-25(34)23-20(27)6-4-12-29-23/h2-12,21-22H,1,13-15,27H2,(H,30,33)(H,31,34)/t21-,22?/m1/s1. The predicted molar refractivity (Wildman–Crippen MR) is 132 cm³/mol. The Morgan fingerprint density at radius 2 is 1.91 bits per heavy atom. The molecule has 0 saturated carbocycles. The maximum Gasteiger partial charge on any atom is 0.276 e. The monoisotopic (exact) mass is 476 g/mol. The molecule has 0 radical (unpaired) electrons. The number of alkyl halides is 1. The average molecular weight is 477 g/mol. The third-order valence-corrected chi connectivity index (χ3v) is 5.94. The zero-order chi connectivity index (χ0) is 24.1. The Morgan fingerprint density at radius 1 is 1.15 bits per heavy atom. The largest absolute Gasteiger partial charge is 0.397 e. The Labute approximate surface area is 202 Å². The highest BCUT2D eigenvalue weighted by Gasteiger charge is 2.34. The summed E-state index contributed by atoms with van der Waals surface area (Å²) in [6, 6.07) is 15.8. The molecule has 4 N–H and O–H groups in total. The van der Waals surface area contributed by atoms with Crippen molar-refractivity contribution in [3.05, 3.63) is 96.2 Å². The Hall–Kier alpha value is -3.75. The molecule has 1 aromatic carbocycles. The number of anilines is 2. The number of pyridine rings is 2. The molecule has 8 nitrogen and oxygen atoms in total. The van der Waals surface area contributed by atoms with Crippen LogP contribution in [0.2, 0.25) is 0 Å². The van der Waals surface area contributed by atoms with Crippen LogP contribution in [0.1, 0.15) is 28.2 Å². The maximum absolute atomic E-state index is 12.9. The molecule has 2 aromatic heterocycles. The van der Waals surface area contributed by atoms with Crippen LogP contribution in [-0.2, 0) is 17.8 Å². The van der Waals surface area contributed by atoms with Gasteiger partial charge in [-0.05, 0) is 42.0 Å². The van der Waals surface area contributed by atoms with Crippen LogP contribution in [0.5, 0.6) is 0 Å². The highest BCUT2D eigenvalue weighted by molar-refractivity contribution is 6.20. The van der Waals surface area contributed by atoms with Crippen molar-refractivity contribution in [2.45, 2.75) is 30.9 Å². The van der Waals surface area contributed by atoms with E-state index < -0.39 is 11.5 Å². The van der Waals surface area contributed by atoms with Gasteiger partial charge < -0.3 is 16.4 Å². The average Bonchev–Trinajstić information content (AvgIpc) is 2.91. The molecule has 1 aliphatic heterocycles. The summed E-state index contributed by atoms with van der Waals surface area (Å²) in [6.07, 6.45) is 4.08. The van der Waals surface area contributed by atoms with Crippen LogP contribution in [0.4, 0.5) is 11.4 Å². The molecule has 3 heterocycles. The Bertz CT molecular complexity index is 1190. The van der Waals surface area contributed by atoms with Crippen molar-refractivity contribution in [1.82, 2.24) is 20.2 Å². The van der Waals surface area contributed by atoms with Crippen molar-refractivity contribution in [2.24, 2.45) is 0 Å². The van der Waals surface area contributed by atoms with E-state index >= 15 is 0 Å². The molecule has 0 aliphatic carbocycles. The second kappa shape index (κ2) is 10.5. The number of rotatable bonds is 6. The first kappa shape index (κ1) is 23.4. The fraction of sp³-hybridized carbons (Fsp3) is 0.200. The lowest BCUT2D eigenvalue weighted by Gasteiger charge is -2.31. The molecule has 0 bridgehead atoms. The Balaban J connectivity index is 1.50. The van der Waals surface area contributed by atoms with E-state index in [2.05, 4.69) is 27.2 Å². The number of carbonyl (C=O) groups is 2. The summed E-state index contributed by atoms with van der Waals surface area (Å²) in [4.78, 5) is 35.8. The molecule has 0 spiro atoms. The minimum atomic E-state index is -0.511. The molecule has 1 saturated heterocycles. The number of nitrogen functional groups attached to an aromatic ring is 1. The van der Waals surface area contributed by atoms with Crippen molar-refractivity contribution in [3.8, 4) is 0 Å². The van der Waals surface area contributed by atoms with Gasteiger partial charge in [0.05, 0.1) is 17.2 Å². The molecule has 1 aliphatic rings. The number of hydrogen-bond acceptors (Lipinski definition) is 6. The number of nitrogens with zero attached hydrogens (tertiary/aromatic N) is 3. The molecular weight excluding hydrogens is 452 g/mol. The summed E-state index contributed by atoms with van der Waals surface area (Å²) in [7, 11) is 0. The van der Waals surface area contributed by atoms with Crippen molar-refractivity contribution < 1.29 is 9.59 Å². The molecule has 4 rings (SSSR count). The molecular formula is C25H25ClN6O2. The molecule has 3 aromatic rings. The van der Waals surface area contributed by atoms with Crippen molar-refractivity contribution in [1.29, 1.82) is 0 Å². The number of nitrogens with two attached hydrogens (primary N) is 1. The van der Waals surface area contributed by atoms with Gasteiger partial charge in [-0.15, -0.1) is 11.6 Å². The van der Waals surface area contributed by atoms with Crippen LogP contribution in [0, 0.1) is 0 Å². The zero-order valence-electron chi connectivity index (χ0n) is 18.4. The zero-order valence-corrected chi connectivity index (χ0v) is 19.2. The summed E-state index contributed by atoms with van der Waals surface area (Å²) in [5.41, 5.74) is 8.82. The van der Waals surface area contributed by atoms with Gasteiger partial charge in [-0.2, -0.15) is 0 Å². The van der Waals surface area contributed by atoms with E-state index in [0.717, 1.165) is 11.3 Å². The minimum absolute atomic E-state index is 0.157. The lowest BCUT2D eigenvalue weighted by atomic mass is 10.1. The van der Waals surface area contributed by atoms with Crippen molar-refractivity contribution in [3.63, 3.8) is 0 Å². The van der Waals surface area contributed by atoms with E-state index in [4.69, 9.17) is 17.3 Å². The van der Waals surface area contributed by atoms with Gasteiger partial charge in [0.1, 0.15) is 0 Å². The van der Waals surface area contributed by atoms with Gasteiger partial charge in [-0.3, -0.25) is 19.5 Å². The highest BCUT2D eigenvalue weighted by atomic mass is 35.5. The number of benzene rings is 1. The van der Waals surface area contributed by atoms with Crippen LogP contribution in [0.15, 0.2) is 79.3 Å². The summed E-state index contributed by atoms with van der Waals surface area (Å²) in [6.45, 7) is 4.35. The van der Waals surface area contributed by atoms with Crippen LogP contribution in [0.25, 0.3) is 0 Å². The van der Waals surface area contributed by atoms with E-state index in [-0.39, 0.29) is 17.5 Å². The first-order chi connectivity index (χ1) is 16.4. The summed E-state index contributed by atoms with van der Waals surface area (Å²) in [5.74, 6) is -0.541. The van der Waals surface area contributed by atoms with Crippen molar-refractivity contribution >= 4 is 34.8 Å². The van der Waals surface area contributed by atoms with E-state index in [1.165, 1.54) is 6.20 Å². The topological polar surface area (TPSA) is 113 Å². The second-order valence-corrected chi connectivity index (χ2v) is 8.54. The molecule has 174 valence electrons. The van der Waals surface area contributed by atoms with Crippen LogP contribution in [-0.4, -0.2) is 38.2 Å². The lowest BCUT2D eigenvalue weighted by Crippen LogP contribution is -2.47. The number of halogens is 1. The summed E-state index contributed by atoms with van der Waals surface area (Å²) >= 11 is 6.72. The third-order valence-electron chi connectivity index (χ3n) is 5.54. The first-order valence-electron chi connectivity index (χ1n) is 10.8. The van der Waals surface area contributed by atoms with Crippen LogP contribution >= 0.6 is 11.6 Å². The third kappa shape index (κ3) is 5.59. The van der Waals surface area contributed by atoms with Crippen molar-refractivity contribution in [2.75, 3.05) is 11.1 Å². The molecule has 1 fully saturated rings. The summed E-state index contributed by atoms with van der Waals surface area (Å²) < 4.78 is 0. The highest BCUT2D eigenvalue weighted by Crippen LogP contribution is 2.25. The number of nitrogens with one attached hydrogen (secondary N) is 2. The normalized spacial score (nSPS) is 18.7. The molecule has 9 heteroatoms. The van der Waals surface area contributed by atoms with Gasteiger partial charge in [0.15, 0.2) is 5.69 Å². The van der Waals surface area contributed by atoms with Gasteiger partial charge in [-0.25, -0.2) is 4.98 Å². The van der Waals surface area contributed by atoms with Crippen LogP contribution < -0.4 is 16.4 Å². The predicted octanol–water partition coefficient (Wildman–Crippen LogP) is 3.32. The quantitative estimate of drug-likeness (QED) is 0.371. The van der Waals surface area contributed by atoms with Gasteiger partial charge in [-0.1, -0.05) is 24.8 Å². The van der Waals surface area contributed by atoms with Gasteiger partial charge in [0.25, 0.3) is 5.91 Å². The van der Waals surface area contributed by atoms with E-state index in [1.54, 1.807) is 30.5 Å². The Kier molecular flexibility index (Phi) is 7.20. The molecule has 1 unspecified atom stereocenters. The molecule has 34 heavy (non-hydrogen) atoms. The number of amides is 2. The van der Waals surface area contributed by atoms with Gasteiger partial charge >= 0.3 is 0 Å². The number of aromatic nitrogens is 2. The smallest absolute Gasteiger partial charge is 0.276 e. The van der Waals surface area contributed by atoms with E-state index in [9.17, 15) is 9.59 Å². The molecule has 2 atom stereocenters. The van der Waals surface area contributed by atoms with Gasteiger partial charge in [0, 0.05) is 48.9 Å². The molecule has 2 amide bonds. The number of carbonyl (C=O) groups excluding carboxylic acids is 2.